The molecule has 3 rings (SSSR count). The third kappa shape index (κ3) is 4.36. The lowest BCUT2D eigenvalue weighted by atomic mass is 10.0. The molecule has 3 aromatic rings. The fourth-order valence-electron chi connectivity index (χ4n) is 2.38. The quantitative estimate of drug-likeness (QED) is 0.451. The Balaban J connectivity index is 1.62. The molecule has 126 valence electrons. The van der Waals surface area contributed by atoms with Crippen LogP contribution >= 0.6 is 15.9 Å². The zero-order chi connectivity index (χ0) is 17.6. The smallest absolute Gasteiger partial charge is 0.259 e. The number of anilines is 1. The number of nitrogens with zero attached hydrogens (tertiary/aromatic N) is 1. The molecular formula is C19H16BrN3O2. The number of rotatable bonds is 5. The number of fused-ring (bicyclic) bond motifs is 1. The number of carbonyl (C=O) groups is 1. The Hall–Kier alpha value is -2.86. The summed E-state index contributed by atoms with van der Waals surface area (Å²) in [4.78, 5) is 11.9. The number of nitrogens with one attached hydrogen (secondary N) is 2. The lowest BCUT2D eigenvalue weighted by Crippen LogP contribution is -2.25. The maximum atomic E-state index is 11.9. The number of halogens is 1. The molecule has 0 aromatic heterocycles. The number of phenolic OH excluding ortho intramolecular Hbond substituents is 1. The van der Waals surface area contributed by atoms with Crippen molar-refractivity contribution in [1.82, 2.24) is 5.43 Å². The number of hydrazone groups is 1. The molecule has 3 N–H and O–H groups in total. The third-order valence-electron chi connectivity index (χ3n) is 3.63. The molecule has 25 heavy (non-hydrogen) atoms. The molecule has 0 aliphatic rings. The molecule has 0 unspecified atom stereocenters. The average molecular weight is 398 g/mol. The van der Waals surface area contributed by atoms with Crippen LogP contribution in [0.5, 0.6) is 5.75 Å². The highest BCUT2D eigenvalue weighted by Crippen LogP contribution is 2.25. The molecule has 0 fully saturated rings. The minimum atomic E-state index is -0.279. The van der Waals surface area contributed by atoms with Crippen molar-refractivity contribution in [1.29, 1.82) is 0 Å². The van der Waals surface area contributed by atoms with E-state index in [4.69, 9.17) is 0 Å². The number of benzene rings is 3. The molecule has 6 heteroatoms. The summed E-state index contributed by atoms with van der Waals surface area (Å²) in [6.07, 6.45) is 1.45. The molecule has 0 bridgehead atoms. The molecule has 0 aliphatic heterocycles. The standard InChI is InChI=1S/C19H16BrN3O2/c20-14-6-8-15(9-7-14)21-12-19(25)23-22-11-17-16-4-2-1-3-13(16)5-10-18(17)24/h1-11,21,24H,12H2,(H,23,25)/b22-11+. The maximum absolute atomic E-state index is 11.9. The monoisotopic (exact) mass is 397 g/mol. The summed E-state index contributed by atoms with van der Waals surface area (Å²) in [5.74, 6) is -0.163. The van der Waals surface area contributed by atoms with Crippen LogP contribution in [-0.2, 0) is 4.79 Å². The van der Waals surface area contributed by atoms with Gasteiger partial charge < -0.3 is 10.4 Å². The lowest BCUT2D eigenvalue weighted by Gasteiger charge is -2.06. The molecular weight excluding hydrogens is 382 g/mol. The highest BCUT2D eigenvalue weighted by atomic mass is 79.9. The maximum Gasteiger partial charge on any atom is 0.259 e. The third-order valence-corrected chi connectivity index (χ3v) is 4.16. The minimum Gasteiger partial charge on any atom is -0.507 e. The lowest BCUT2D eigenvalue weighted by molar-refractivity contribution is -0.119. The number of carbonyl (C=O) groups excluding carboxylic acids is 1. The van der Waals surface area contributed by atoms with E-state index in [0.717, 1.165) is 20.9 Å². The van der Waals surface area contributed by atoms with Crippen molar-refractivity contribution in [3.63, 3.8) is 0 Å². The molecule has 3 aromatic carbocycles. The van der Waals surface area contributed by atoms with E-state index in [9.17, 15) is 9.90 Å². The molecule has 0 spiro atoms. The zero-order valence-corrected chi connectivity index (χ0v) is 14.8. The second kappa shape index (κ2) is 7.81. The van der Waals surface area contributed by atoms with Gasteiger partial charge in [0.25, 0.3) is 5.91 Å². The van der Waals surface area contributed by atoms with Gasteiger partial charge in [0.1, 0.15) is 5.75 Å². The van der Waals surface area contributed by atoms with Crippen LogP contribution in [0, 0.1) is 0 Å². The Kier molecular flexibility index (Phi) is 5.30. The zero-order valence-electron chi connectivity index (χ0n) is 13.2. The molecule has 0 aliphatic carbocycles. The van der Waals surface area contributed by atoms with Crippen molar-refractivity contribution in [3.8, 4) is 5.75 Å². The van der Waals surface area contributed by atoms with E-state index in [1.165, 1.54) is 6.21 Å². The van der Waals surface area contributed by atoms with E-state index in [-0.39, 0.29) is 18.2 Å². The van der Waals surface area contributed by atoms with Crippen molar-refractivity contribution in [2.24, 2.45) is 5.10 Å². The van der Waals surface area contributed by atoms with Crippen molar-refractivity contribution < 1.29 is 9.90 Å². The van der Waals surface area contributed by atoms with E-state index in [1.54, 1.807) is 6.07 Å². The summed E-state index contributed by atoms with van der Waals surface area (Å²) in [7, 11) is 0. The van der Waals surface area contributed by atoms with E-state index in [0.29, 0.717) is 5.56 Å². The van der Waals surface area contributed by atoms with Gasteiger partial charge in [-0.1, -0.05) is 46.3 Å². The number of hydrogen-bond donors (Lipinski definition) is 3. The van der Waals surface area contributed by atoms with Gasteiger partial charge in [-0.25, -0.2) is 5.43 Å². The van der Waals surface area contributed by atoms with Gasteiger partial charge in [-0.05, 0) is 41.1 Å². The summed E-state index contributed by atoms with van der Waals surface area (Å²) < 4.78 is 0.974. The largest absolute Gasteiger partial charge is 0.507 e. The van der Waals surface area contributed by atoms with E-state index >= 15 is 0 Å². The van der Waals surface area contributed by atoms with Gasteiger partial charge in [-0.3, -0.25) is 4.79 Å². The van der Waals surface area contributed by atoms with Crippen LogP contribution in [0.15, 0.2) is 70.2 Å². The van der Waals surface area contributed by atoms with Gasteiger partial charge in [0.2, 0.25) is 0 Å². The molecule has 0 radical (unpaired) electrons. The summed E-state index contributed by atoms with van der Waals surface area (Å²) in [5, 5.41) is 18.8. The molecule has 0 heterocycles. The van der Waals surface area contributed by atoms with Crippen molar-refractivity contribution >= 4 is 44.5 Å². The Bertz CT molecular complexity index is 924. The fourth-order valence-corrected chi connectivity index (χ4v) is 2.64. The second-order valence-corrected chi connectivity index (χ2v) is 6.29. The second-order valence-electron chi connectivity index (χ2n) is 5.37. The van der Waals surface area contributed by atoms with Crippen molar-refractivity contribution in [2.75, 3.05) is 11.9 Å². The van der Waals surface area contributed by atoms with Gasteiger partial charge in [0.05, 0.1) is 12.8 Å². The predicted molar refractivity (Wildman–Crippen MR) is 104 cm³/mol. The summed E-state index contributed by atoms with van der Waals surface area (Å²) in [6.45, 7) is 0.0977. The number of hydrogen-bond acceptors (Lipinski definition) is 4. The first kappa shape index (κ1) is 17.0. The van der Waals surface area contributed by atoms with Crippen LogP contribution in [0.1, 0.15) is 5.56 Å². The average Bonchev–Trinajstić information content (AvgIpc) is 2.63. The molecule has 0 atom stereocenters. The Labute approximate surface area is 153 Å². The van der Waals surface area contributed by atoms with Gasteiger partial charge in [-0.15, -0.1) is 0 Å². The summed E-state index contributed by atoms with van der Waals surface area (Å²) in [5.41, 5.74) is 3.86. The Morgan fingerprint density at radius 3 is 2.64 bits per heavy atom. The van der Waals surface area contributed by atoms with Crippen LogP contribution in [0.3, 0.4) is 0 Å². The van der Waals surface area contributed by atoms with Crippen molar-refractivity contribution in [2.45, 2.75) is 0 Å². The highest BCUT2D eigenvalue weighted by molar-refractivity contribution is 9.10. The fraction of sp³-hybridized carbons (Fsp3) is 0.0526. The van der Waals surface area contributed by atoms with Gasteiger partial charge in [-0.2, -0.15) is 5.10 Å². The summed E-state index contributed by atoms with van der Waals surface area (Å²) in [6, 6.07) is 18.6. The van der Waals surface area contributed by atoms with Crippen LogP contribution in [0.4, 0.5) is 5.69 Å². The van der Waals surface area contributed by atoms with Crippen molar-refractivity contribution in [3.05, 3.63) is 70.7 Å². The predicted octanol–water partition coefficient (Wildman–Crippen LogP) is 3.87. The normalized spacial score (nSPS) is 10.9. The van der Waals surface area contributed by atoms with Crippen LogP contribution < -0.4 is 10.7 Å². The van der Waals surface area contributed by atoms with E-state index in [2.05, 4.69) is 31.8 Å². The molecule has 1 amide bonds. The molecule has 0 saturated heterocycles. The van der Waals surface area contributed by atoms with Crippen LogP contribution in [0.2, 0.25) is 0 Å². The van der Waals surface area contributed by atoms with Crippen LogP contribution in [-0.4, -0.2) is 23.8 Å². The van der Waals surface area contributed by atoms with Crippen LogP contribution in [0.25, 0.3) is 10.8 Å². The Morgan fingerprint density at radius 1 is 1.08 bits per heavy atom. The topological polar surface area (TPSA) is 73.7 Å². The number of aromatic hydroxyl groups is 1. The first-order valence-electron chi connectivity index (χ1n) is 7.65. The SMILES string of the molecule is O=C(CNc1ccc(Br)cc1)N/N=C/c1c(O)ccc2ccccc12. The van der Waals surface area contributed by atoms with Gasteiger partial charge >= 0.3 is 0 Å². The first-order valence-corrected chi connectivity index (χ1v) is 8.45. The van der Waals surface area contributed by atoms with E-state index in [1.807, 2.05) is 54.6 Å². The van der Waals surface area contributed by atoms with Gasteiger partial charge in [0, 0.05) is 15.7 Å². The molecule has 5 nitrogen and oxygen atoms in total. The Morgan fingerprint density at radius 2 is 1.84 bits per heavy atom. The minimum absolute atomic E-state index is 0.0977. The number of amides is 1. The summed E-state index contributed by atoms with van der Waals surface area (Å²) >= 11 is 3.36. The molecule has 0 saturated carbocycles. The highest BCUT2D eigenvalue weighted by Gasteiger charge is 2.05. The first-order chi connectivity index (χ1) is 12.1. The van der Waals surface area contributed by atoms with E-state index < -0.39 is 0 Å². The van der Waals surface area contributed by atoms with Gasteiger partial charge in [0.15, 0.2) is 0 Å². The number of phenols is 1.